The Morgan fingerprint density at radius 1 is 1.20 bits per heavy atom. The van der Waals surface area contributed by atoms with E-state index in [0.29, 0.717) is 35.4 Å². The zero-order chi connectivity index (χ0) is 25.6. The molecule has 2 unspecified atom stereocenters. The Labute approximate surface area is 205 Å². The summed E-state index contributed by atoms with van der Waals surface area (Å²) in [6.45, 7) is 6.47. The molecule has 1 aromatic heterocycles. The van der Waals surface area contributed by atoms with Crippen LogP contribution in [0.3, 0.4) is 0 Å². The summed E-state index contributed by atoms with van der Waals surface area (Å²) in [6, 6.07) is 4.79. The molecule has 1 heterocycles. The lowest BCUT2D eigenvalue weighted by Gasteiger charge is -2.32. The van der Waals surface area contributed by atoms with E-state index < -0.39 is 11.7 Å². The van der Waals surface area contributed by atoms with E-state index in [2.05, 4.69) is 27.5 Å². The van der Waals surface area contributed by atoms with Crippen molar-refractivity contribution in [3.63, 3.8) is 0 Å². The first-order valence-electron chi connectivity index (χ1n) is 12.3. The molecule has 35 heavy (non-hydrogen) atoms. The van der Waals surface area contributed by atoms with Crippen LogP contribution in [0.2, 0.25) is 0 Å². The molecular weight excluding hydrogens is 457 g/mol. The van der Waals surface area contributed by atoms with Crippen LogP contribution in [0.15, 0.2) is 24.4 Å². The zero-order valence-corrected chi connectivity index (χ0v) is 20.8. The van der Waals surface area contributed by atoms with Crippen molar-refractivity contribution in [3.8, 4) is 5.75 Å². The first-order chi connectivity index (χ1) is 16.6. The van der Waals surface area contributed by atoms with E-state index in [4.69, 9.17) is 4.74 Å². The molecule has 6 nitrogen and oxygen atoms in total. The van der Waals surface area contributed by atoms with Crippen molar-refractivity contribution < 1.29 is 22.7 Å². The fourth-order valence-corrected chi connectivity index (χ4v) is 4.80. The van der Waals surface area contributed by atoms with E-state index in [1.165, 1.54) is 26.4 Å². The third-order valence-corrected chi connectivity index (χ3v) is 7.03. The Kier molecular flexibility index (Phi) is 8.97. The highest BCUT2D eigenvalue weighted by atomic mass is 19.4. The van der Waals surface area contributed by atoms with Gasteiger partial charge in [-0.3, -0.25) is 4.79 Å². The van der Waals surface area contributed by atoms with Crippen LogP contribution in [-0.4, -0.2) is 29.5 Å². The van der Waals surface area contributed by atoms with Gasteiger partial charge in [-0.2, -0.15) is 13.2 Å². The lowest BCUT2D eigenvalue weighted by Crippen LogP contribution is -2.24. The van der Waals surface area contributed by atoms with E-state index in [1.54, 1.807) is 18.2 Å². The lowest BCUT2D eigenvalue weighted by atomic mass is 9.74. The SMILES string of the molecule is CCNC(=O)c1ccc(Nc2ncc(C(F)(F)F)c(CC(C)C(C)C3CCCCC3)n2)c(OC)c1. The molecular formula is C26H35F3N4O2. The number of methoxy groups -OCH3 is 1. The van der Waals surface area contributed by atoms with E-state index in [9.17, 15) is 18.0 Å². The Morgan fingerprint density at radius 2 is 1.91 bits per heavy atom. The number of ether oxygens (including phenoxy) is 1. The third kappa shape index (κ3) is 6.86. The highest BCUT2D eigenvalue weighted by Crippen LogP contribution is 2.37. The number of rotatable bonds is 9. The molecule has 192 valence electrons. The summed E-state index contributed by atoms with van der Waals surface area (Å²) in [7, 11) is 1.45. The quantitative estimate of drug-likeness (QED) is 0.424. The molecule has 1 saturated carbocycles. The summed E-state index contributed by atoms with van der Waals surface area (Å²) in [5.41, 5.74) is 0.0519. The third-order valence-electron chi connectivity index (χ3n) is 7.03. The summed E-state index contributed by atoms with van der Waals surface area (Å²) in [4.78, 5) is 20.3. The Hall–Kier alpha value is -2.84. The maximum absolute atomic E-state index is 13.8. The van der Waals surface area contributed by atoms with Gasteiger partial charge < -0.3 is 15.4 Å². The molecule has 0 bridgehead atoms. The number of benzene rings is 1. The van der Waals surface area contributed by atoms with Crippen molar-refractivity contribution >= 4 is 17.5 Å². The second-order valence-electron chi connectivity index (χ2n) is 9.39. The van der Waals surface area contributed by atoms with Gasteiger partial charge in [-0.05, 0) is 49.3 Å². The molecule has 0 aliphatic heterocycles. The molecule has 0 radical (unpaired) electrons. The second-order valence-corrected chi connectivity index (χ2v) is 9.39. The number of aromatic nitrogens is 2. The number of hydrogen-bond donors (Lipinski definition) is 2. The molecule has 9 heteroatoms. The van der Waals surface area contributed by atoms with Gasteiger partial charge in [0.25, 0.3) is 5.91 Å². The van der Waals surface area contributed by atoms with Gasteiger partial charge in [-0.15, -0.1) is 0 Å². The Bertz CT molecular complexity index is 1010. The monoisotopic (exact) mass is 492 g/mol. The number of carbonyl (C=O) groups is 1. The number of hydrogen-bond acceptors (Lipinski definition) is 5. The lowest BCUT2D eigenvalue weighted by molar-refractivity contribution is -0.138. The summed E-state index contributed by atoms with van der Waals surface area (Å²) >= 11 is 0. The second kappa shape index (κ2) is 11.7. The normalized spacial score (nSPS) is 16.4. The molecule has 0 spiro atoms. The zero-order valence-electron chi connectivity index (χ0n) is 20.8. The topological polar surface area (TPSA) is 76.1 Å². The number of halogens is 3. The fraction of sp³-hybridized carbons (Fsp3) is 0.577. The number of nitrogens with one attached hydrogen (secondary N) is 2. The molecule has 1 amide bonds. The molecule has 2 aromatic rings. The summed E-state index contributed by atoms with van der Waals surface area (Å²) < 4.78 is 46.6. The first-order valence-corrected chi connectivity index (χ1v) is 12.3. The minimum absolute atomic E-state index is 0.0110. The van der Waals surface area contributed by atoms with E-state index >= 15 is 0 Å². The minimum Gasteiger partial charge on any atom is -0.495 e. The van der Waals surface area contributed by atoms with Crippen LogP contribution in [0.4, 0.5) is 24.8 Å². The van der Waals surface area contributed by atoms with Gasteiger partial charge >= 0.3 is 6.18 Å². The largest absolute Gasteiger partial charge is 0.495 e. The number of nitrogens with zero attached hydrogens (tertiary/aromatic N) is 2. The van der Waals surface area contributed by atoms with Gasteiger partial charge in [-0.25, -0.2) is 9.97 Å². The fourth-order valence-electron chi connectivity index (χ4n) is 4.80. The van der Waals surface area contributed by atoms with Crippen molar-refractivity contribution in [2.75, 3.05) is 19.0 Å². The number of carbonyl (C=O) groups excluding carboxylic acids is 1. The van der Waals surface area contributed by atoms with Crippen molar-refractivity contribution in [2.24, 2.45) is 17.8 Å². The van der Waals surface area contributed by atoms with Gasteiger partial charge in [0.1, 0.15) is 5.75 Å². The van der Waals surface area contributed by atoms with Crippen LogP contribution in [0.25, 0.3) is 0 Å². The van der Waals surface area contributed by atoms with Crippen molar-refractivity contribution in [2.45, 2.75) is 65.5 Å². The maximum atomic E-state index is 13.8. The molecule has 0 saturated heterocycles. The highest BCUT2D eigenvalue weighted by molar-refractivity contribution is 5.95. The number of amides is 1. The predicted molar refractivity (Wildman–Crippen MR) is 130 cm³/mol. The van der Waals surface area contributed by atoms with E-state index in [1.807, 2.05) is 13.8 Å². The Balaban J connectivity index is 1.85. The van der Waals surface area contributed by atoms with Gasteiger partial charge in [0.05, 0.1) is 24.1 Å². The molecule has 1 aliphatic carbocycles. The number of alkyl halides is 3. The molecule has 2 N–H and O–H groups in total. The molecule has 2 atom stereocenters. The average molecular weight is 493 g/mol. The number of anilines is 2. The Morgan fingerprint density at radius 3 is 2.54 bits per heavy atom. The molecule has 1 fully saturated rings. The van der Waals surface area contributed by atoms with Crippen molar-refractivity contribution in [1.82, 2.24) is 15.3 Å². The van der Waals surface area contributed by atoms with Gasteiger partial charge in [0.15, 0.2) is 0 Å². The average Bonchev–Trinajstić information content (AvgIpc) is 2.83. The van der Waals surface area contributed by atoms with Crippen LogP contribution in [0, 0.1) is 17.8 Å². The van der Waals surface area contributed by atoms with Gasteiger partial charge in [-0.1, -0.05) is 46.0 Å². The van der Waals surface area contributed by atoms with E-state index in [-0.39, 0.29) is 29.9 Å². The summed E-state index contributed by atoms with van der Waals surface area (Å²) in [5, 5.41) is 5.67. The van der Waals surface area contributed by atoms with Crippen LogP contribution in [0.5, 0.6) is 5.75 Å². The first kappa shape index (κ1) is 26.8. The van der Waals surface area contributed by atoms with Crippen LogP contribution < -0.4 is 15.4 Å². The van der Waals surface area contributed by atoms with Crippen LogP contribution >= 0.6 is 0 Å². The van der Waals surface area contributed by atoms with Crippen LogP contribution in [0.1, 0.15) is 74.5 Å². The van der Waals surface area contributed by atoms with Gasteiger partial charge in [0, 0.05) is 18.3 Å². The van der Waals surface area contributed by atoms with Crippen molar-refractivity contribution in [3.05, 3.63) is 41.2 Å². The molecule has 3 rings (SSSR count). The van der Waals surface area contributed by atoms with E-state index in [0.717, 1.165) is 19.0 Å². The summed E-state index contributed by atoms with van der Waals surface area (Å²) in [5.74, 6) is 1.07. The van der Waals surface area contributed by atoms with Crippen molar-refractivity contribution in [1.29, 1.82) is 0 Å². The predicted octanol–water partition coefficient (Wildman–Crippen LogP) is 6.39. The smallest absolute Gasteiger partial charge is 0.419 e. The molecule has 1 aromatic carbocycles. The van der Waals surface area contributed by atoms with Gasteiger partial charge in [0.2, 0.25) is 5.95 Å². The minimum atomic E-state index is -4.53. The maximum Gasteiger partial charge on any atom is 0.419 e. The van der Waals surface area contributed by atoms with Crippen LogP contribution in [-0.2, 0) is 12.6 Å². The molecule has 1 aliphatic rings. The highest BCUT2D eigenvalue weighted by Gasteiger charge is 2.36. The standard InChI is InChI=1S/C26H35F3N4O2/c1-5-30-24(34)19-11-12-21(23(14-19)35-4)32-25-31-15-20(26(27,28)29)22(33-25)13-16(2)17(3)18-9-7-6-8-10-18/h11-12,14-18H,5-10,13H2,1-4H3,(H,30,34)(H,31,32,33). The summed E-state index contributed by atoms with van der Waals surface area (Å²) in [6.07, 6.45) is 2.43.